The highest BCUT2D eigenvalue weighted by atomic mass is 32.2. The molecular formula is C11H12O4S. The predicted molar refractivity (Wildman–Crippen MR) is 59.8 cm³/mol. The molecule has 1 aliphatic rings. The van der Waals surface area contributed by atoms with E-state index in [0.717, 1.165) is 5.41 Å². The van der Waals surface area contributed by atoms with Crippen LogP contribution in [-0.2, 0) is 9.84 Å². The van der Waals surface area contributed by atoms with Crippen LogP contribution < -0.4 is 4.74 Å². The molecule has 0 aliphatic carbocycles. The third kappa shape index (κ3) is 1.62. The third-order valence-corrected chi connectivity index (χ3v) is 4.07. The number of sulfone groups is 1. The van der Waals surface area contributed by atoms with Crippen LogP contribution in [0.3, 0.4) is 0 Å². The summed E-state index contributed by atoms with van der Waals surface area (Å²) in [6, 6.07) is 4.71. The van der Waals surface area contributed by atoms with Crippen molar-refractivity contribution in [3.63, 3.8) is 0 Å². The van der Waals surface area contributed by atoms with Crippen molar-refractivity contribution >= 4 is 15.4 Å². The van der Waals surface area contributed by atoms with Crippen LogP contribution >= 0.6 is 0 Å². The minimum absolute atomic E-state index is 0.226. The highest BCUT2D eigenvalue weighted by Crippen LogP contribution is 2.37. The zero-order chi connectivity index (χ0) is 11.9. The van der Waals surface area contributed by atoms with Crippen molar-refractivity contribution in [1.82, 2.24) is 0 Å². The third-order valence-electron chi connectivity index (χ3n) is 2.54. The van der Waals surface area contributed by atoms with Gasteiger partial charge in [-0.1, -0.05) is 0 Å². The second-order valence-electron chi connectivity index (χ2n) is 3.66. The fraction of sp³-hybridized carbons (Fsp3) is 0.273. The molecular weight excluding hydrogens is 228 g/mol. The molecule has 1 aromatic rings. The molecule has 1 N–H and O–H groups in total. The number of fused-ring (bicyclic) bond motifs is 1. The van der Waals surface area contributed by atoms with E-state index in [1.54, 1.807) is 12.1 Å². The maximum absolute atomic E-state index is 11.7. The van der Waals surface area contributed by atoms with E-state index in [2.05, 4.69) is 0 Å². The summed E-state index contributed by atoms with van der Waals surface area (Å²) in [4.78, 5) is 0.226. The molecule has 1 unspecified atom stereocenters. The molecule has 4 nitrogen and oxygen atoms in total. The van der Waals surface area contributed by atoms with Gasteiger partial charge in [0.25, 0.3) is 0 Å². The largest absolute Gasteiger partial charge is 0.497 e. The Morgan fingerprint density at radius 3 is 2.62 bits per heavy atom. The summed E-state index contributed by atoms with van der Waals surface area (Å²) in [7, 11) is -1.89. The molecule has 86 valence electrons. The van der Waals surface area contributed by atoms with Crippen molar-refractivity contribution in [2.24, 2.45) is 0 Å². The van der Waals surface area contributed by atoms with Crippen molar-refractivity contribution < 1.29 is 18.3 Å². The fourth-order valence-corrected chi connectivity index (χ4v) is 3.25. The number of hydrogen-bond donors (Lipinski definition) is 1. The molecule has 2 rings (SSSR count). The maximum atomic E-state index is 11.7. The molecule has 0 amide bonds. The van der Waals surface area contributed by atoms with Crippen LogP contribution in [0, 0.1) is 0 Å². The summed E-state index contributed by atoms with van der Waals surface area (Å²) < 4.78 is 28.5. The van der Waals surface area contributed by atoms with E-state index in [-0.39, 0.29) is 4.90 Å². The molecule has 0 spiro atoms. The lowest BCUT2D eigenvalue weighted by Gasteiger charge is -2.08. The summed E-state index contributed by atoms with van der Waals surface area (Å²) in [6.45, 7) is 1.54. The van der Waals surface area contributed by atoms with Gasteiger partial charge in [0.1, 0.15) is 5.75 Å². The van der Waals surface area contributed by atoms with Crippen molar-refractivity contribution in [3.05, 3.63) is 29.2 Å². The highest BCUT2D eigenvalue weighted by molar-refractivity contribution is 7.95. The zero-order valence-corrected chi connectivity index (χ0v) is 9.78. The van der Waals surface area contributed by atoms with Gasteiger partial charge in [-0.2, -0.15) is 0 Å². The summed E-state index contributed by atoms with van der Waals surface area (Å²) in [5, 5.41) is 10.6. The fourth-order valence-electron chi connectivity index (χ4n) is 1.73. The minimum atomic E-state index is -3.40. The SMILES string of the molecule is COc1ccc2c(c1)C(C(C)O)=CS2(=O)=O. The van der Waals surface area contributed by atoms with E-state index in [0.29, 0.717) is 16.9 Å². The first-order valence-electron chi connectivity index (χ1n) is 4.79. The van der Waals surface area contributed by atoms with Gasteiger partial charge < -0.3 is 9.84 Å². The van der Waals surface area contributed by atoms with Gasteiger partial charge in [-0.15, -0.1) is 0 Å². The topological polar surface area (TPSA) is 63.6 Å². The number of rotatable bonds is 2. The van der Waals surface area contributed by atoms with E-state index in [4.69, 9.17) is 4.74 Å². The number of methoxy groups -OCH3 is 1. The summed E-state index contributed by atoms with van der Waals surface area (Å²) in [6.07, 6.45) is -0.817. The lowest BCUT2D eigenvalue weighted by molar-refractivity contribution is 0.253. The van der Waals surface area contributed by atoms with Gasteiger partial charge >= 0.3 is 0 Å². The maximum Gasteiger partial charge on any atom is 0.200 e. The van der Waals surface area contributed by atoms with E-state index in [9.17, 15) is 13.5 Å². The normalized spacial score (nSPS) is 18.8. The predicted octanol–water partition coefficient (Wildman–Crippen LogP) is 1.20. The number of aliphatic hydroxyl groups excluding tert-OH is 1. The first kappa shape index (κ1) is 11.2. The van der Waals surface area contributed by atoms with Crippen LogP contribution in [0.1, 0.15) is 12.5 Å². The van der Waals surface area contributed by atoms with Crippen molar-refractivity contribution in [1.29, 1.82) is 0 Å². The lowest BCUT2D eigenvalue weighted by atomic mass is 10.0. The first-order valence-corrected chi connectivity index (χ1v) is 6.33. The Balaban J connectivity index is 2.68. The molecule has 0 radical (unpaired) electrons. The zero-order valence-electron chi connectivity index (χ0n) is 8.97. The Kier molecular flexibility index (Phi) is 2.52. The minimum Gasteiger partial charge on any atom is -0.497 e. The first-order chi connectivity index (χ1) is 7.45. The average molecular weight is 240 g/mol. The van der Waals surface area contributed by atoms with E-state index in [1.807, 2.05) is 0 Å². The highest BCUT2D eigenvalue weighted by Gasteiger charge is 2.29. The van der Waals surface area contributed by atoms with Crippen LogP contribution in [0.5, 0.6) is 5.75 Å². The monoisotopic (exact) mass is 240 g/mol. The molecule has 0 aromatic heterocycles. The van der Waals surface area contributed by atoms with Gasteiger partial charge in [0.2, 0.25) is 9.84 Å². The van der Waals surface area contributed by atoms with Crippen LogP contribution in [0.2, 0.25) is 0 Å². The van der Waals surface area contributed by atoms with Gasteiger partial charge in [0.15, 0.2) is 0 Å². The van der Waals surface area contributed by atoms with Crippen molar-refractivity contribution in [3.8, 4) is 5.75 Å². The smallest absolute Gasteiger partial charge is 0.200 e. The number of aliphatic hydroxyl groups is 1. The molecule has 0 saturated carbocycles. The summed E-state index contributed by atoms with van der Waals surface area (Å²) >= 11 is 0. The van der Waals surface area contributed by atoms with E-state index in [1.165, 1.54) is 20.1 Å². The van der Waals surface area contributed by atoms with Gasteiger partial charge in [-0.25, -0.2) is 8.42 Å². The van der Waals surface area contributed by atoms with E-state index < -0.39 is 15.9 Å². The van der Waals surface area contributed by atoms with Gasteiger partial charge in [0.05, 0.1) is 18.1 Å². The molecule has 0 fully saturated rings. The summed E-state index contributed by atoms with van der Waals surface area (Å²) in [5.41, 5.74) is 0.934. The Bertz CT molecular complexity index is 555. The summed E-state index contributed by atoms with van der Waals surface area (Å²) in [5.74, 6) is 0.572. The van der Waals surface area contributed by atoms with Crippen LogP contribution in [0.4, 0.5) is 0 Å². The standard InChI is InChI=1S/C11H12O4S/c1-7(12)10-6-16(13,14)11-4-3-8(15-2)5-9(10)11/h3-7,12H,1-2H3. The quantitative estimate of drug-likeness (QED) is 0.843. The lowest BCUT2D eigenvalue weighted by Crippen LogP contribution is -2.01. The van der Waals surface area contributed by atoms with Gasteiger partial charge in [-0.3, -0.25) is 0 Å². The second kappa shape index (κ2) is 3.61. The second-order valence-corrected chi connectivity index (χ2v) is 5.42. The van der Waals surface area contributed by atoms with Crippen LogP contribution in [-0.4, -0.2) is 26.7 Å². The molecule has 1 aromatic carbocycles. The van der Waals surface area contributed by atoms with Crippen molar-refractivity contribution in [2.45, 2.75) is 17.9 Å². The average Bonchev–Trinajstić information content (AvgIpc) is 2.50. The Labute approximate surface area is 94.1 Å². The van der Waals surface area contributed by atoms with E-state index >= 15 is 0 Å². The Morgan fingerprint density at radius 2 is 2.06 bits per heavy atom. The number of benzene rings is 1. The van der Waals surface area contributed by atoms with Gasteiger partial charge in [0, 0.05) is 16.5 Å². The number of hydrogen-bond acceptors (Lipinski definition) is 4. The molecule has 1 heterocycles. The molecule has 5 heteroatoms. The Morgan fingerprint density at radius 1 is 1.38 bits per heavy atom. The van der Waals surface area contributed by atoms with Crippen LogP contribution in [0.25, 0.3) is 5.57 Å². The van der Waals surface area contributed by atoms with Crippen molar-refractivity contribution in [2.75, 3.05) is 7.11 Å². The molecule has 1 aliphatic heterocycles. The molecule has 0 bridgehead atoms. The van der Waals surface area contributed by atoms with Gasteiger partial charge in [-0.05, 0) is 25.1 Å². The molecule has 16 heavy (non-hydrogen) atoms. The number of ether oxygens (including phenoxy) is 1. The molecule has 0 saturated heterocycles. The Hall–Kier alpha value is -1.33. The van der Waals surface area contributed by atoms with Crippen LogP contribution in [0.15, 0.2) is 28.5 Å². The molecule has 1 atom stereocenters.